The van der Waals surface area contributed by atoms with E-state index in [0.717, 1.165) is 19.0 Å². The predicted molar refractivity (Wildman–Crippen MR) is 73.9 cm³/mol. The van der Waals surface area contributed by atoms with E-state index in [4.69, 9.17) is 0 Å². The van der Waals surface area contributed by atoms with Crippen LogP contribution in [-0.2, 0) is 0 Å². The second kappa shape index (κ2) is 5.14. The first-order chi connectivity index (χ1) is 8.15. The van der Waals surface area contributed by atoms with Crippen molar-refractivity contribution in [1.82, 2.24) is 19.7 Å². The van der Waals surface area contributed by atoms with Crippen LogP contribution in [0, 0.1) is 0 Å². The van der Waals surface area contributed by atoms with E-state index in [1.807, 2.05) is 12.3 Å². The lowest BCUT2D eigenvalue weighted by molar-refractivity contribution is 0.440. The monoisotopic (exact) mass is 233 g/mol. The Morgan fingerprint density at radius 3 is 2.76 bits per heavy atom. The van der Waals surface area contributed by atoms with Crippen molar-refractivity contribution >= 4 is 19.8 Å². The van der Waals surface area contributed by atoms with Gasteiger partial charge in [-0.05, 0) is 26.1 Å². The first-order valence-corrected chi connectivity index (χ1v) is 6.37. The van der Waals surface area contributed by atoms with Gasteiger partial charge in [0.2, 0.25) is 0 Å². The summed E-state index contributed by atoms with van der Waals surface area (Å²) in [6, 6.07) is 2.03. The van der Waals surface area contributed by atoms with E-state index in [9.17, 15) is 0 Å². The van der Waals surface area contributed by atoms with Crippen molar-refractivity contribution in [2.45, 2.75) is 27.0 Å². The van der Waals surface area contributed by atoms with E-state index >= 15 is 0 Å². The average Bonchev–Trinajstić information content (AvgIpc) is 2.83. The van der Waals surface area contributed by atoms with E-state index in [1.165, 1.54) is 6.42 Å². The van der Waals surface area contributed by atoms with Crippen molar-refractivity contribution < 1.29 is 0 Å². The summed E-state index contributed by atoms with van der Waals surface area (Å²) in [7, 11) is 2.17. The molecule has 1 fully saturated rings. The largest absolute Gasteiger partial charge is 0.375 e. The highest BCUT2D eigenvalue weighted by molar-refractivity contribution is 6.73. The summed E-state index contributed by atoms with van der Waals surface area (Å²) >= 11 is 0. The maximum absolute atomic E-state index is 4.04. The van der Waals surface area contributed by atoms with Crippen LogP contribution in [0.15, 0.2) is 12.3 Å². The van der Waals surface area contributed by atoms with E-state index in [-0.39, 0.29) is 0 Å². The molecule has 1 N–H and O–H groups in total. The van der Waals surface area contributed by atoms with E-state index in [1.54, 1.807) is 0 Å². The Morgan fingerprint density at radius 1 is 1.41 bits per heavy atom. The number of rotatable bonds is 3. The summed E-state index contributed by atoms with van der Waals surface area (Å²) in [5.41, 5.74) is 0. The molecule has 17 heavy (non-hydrogen) atoms. The van der Waals surface area contributed by atoms with Crippen LogP contribution >= 0.6 is 0 Å². The van der Waals surface area contributed by atoms with Crippen LogP contribution in [0.5, 0.6) is 0 Å². The summed E-state index contributed by atoms with van der Waals surface area (Å²) in [6.07, 6.45) is 2.99. The standard InChI is InChI=1S/C10H21B2N5/c1-5-8-17-11(2)15(4)9-16(12(17)3)10-6-7-13-14-10/h6-7H,5,8-9H2,1-4H3,(H,13,14). The minimum absolute atomic E-state index is 0.404. The molecule has 0 bridgehead atoms. The van der Waals surface area contributed by atoms with Crippen LogP contribution < -0.4 is 4.81 Å². The second-order valence-corrected chi connectivity index (χ2v) is 4.81. The minimum Gasteiger partial charge on any atom is -0.375 e. The van der Waals surface area contributed by atoms with Gasteiger partial charge in [-0.2, -0.15) is 5.10 Å². The van der Waals surface area contributed by atoms with Gasteiger partial charge in [0.1, 0.15) is 5.82 Å². The Balaban J connectivity index is 2.18. The molecule has 92 valence electrons. The maximum atomic E-state index is 4.04. The molecule has 1 aromatic heterocycles. The molecule has 2 heterocycles. The van der Waals surface area contributed by atoms with Crippen molar-refractivity contribution in [3.8, 4) is 0 Å². The molecule has 0 spiro atoms. The lowest BCUT2D eigenvalue weighted by Gasteiger charge is -2.48. The SMILES string of the molecule is CCCN1B(C)N(C)CN(c2ccn[nH]2)B1C. The number of hydrogen-bond donors (Lipinski definition) is 1. The fourth-order valence-corrected chi connectivity index (χ4v) is 2.54. The molecule has 1 aromatic rings. The number of H-pyrrole nitrogens is 1. The molecule has 0 unspecified atom stereocenters. The maximum Gasteiger partial charge on any atom is 0.331 e. The van der Waals surface area contributed by atoms with Crippen LogP contribution in [-0.4, -0.2) is 54.0 Å². The smallest absolute Gasteiger partial charge is 0.331 e. The van der Waals surface area contributed by atoms with E-state index in [2.05, 4.69) is 52.2 Å². The predicted octanol–water partition coefficient (Wildman–Crippen LogP) is 1.07. The third kappa shape index (κ3) is 2.35. The molecular weight excluding hydrogens is 212 g/mol. The summed E-state index contributed by atoms with van der Waals surface area (Å²) in [4.78, 5) is 4.71. The fourth-order valence-electron chi connectivity index (χ4n) is 2.54. The number of hydrogen-bond acceptors (Lipinski definition) is 4. The van der Waals surface area contributed by atoms with Gasteiger partial charge >= 0.3 is 6.98 Å². The van der Waals surface area contributed by atoms with Gasteiger partial charge in [0, 0.05) is 0 Å². The van der Waals surface area contributed by atoms with Gasteiger partial charge in [-0.15, -0.1) is 0 Å². The lowest BCUT2D eigenvalue weighted by Crippen LogP contribution is -2.69. The van der Waals surface area contributed by atoms with Crippen LogP contribution in [0.1, 0.15) is 13.3 Å². The summed E-state index contributed by atoms with van der Waals surface area (Å²) in [5.74, 6) is 1.09. The molecule has 7 heteroatoms. The van der Waals surface area contributed by atoms with Crippen LogP contribution in [0.3, 0.4) is 0 Å². The third-order valence-corrected chi connectivity index (χ3v) is 3.70. The highest BCUT2D eigenvalue weighted by Gasteiger charge is 2.39. The van der Waals surface area contributed by atoms with Crippen molar-refractivity contribution in [2.24, 2.45) is 0 Å². The average molecular weight is 233 g/mol. The highest BCUT2D eigenvalue weighted by atomic mass is 15.4. The lowest BCUT2D eigenvalue weighted by atomic mass is 9.58. The molecule has 2 rings (SSSR count). The normalized spacial score (nSPS) is 19.2. The quantitative estimate of drug-likeness (QED) is 0.792. The first-order valence-electron chi connectivity index (χ1n) is 6.37. The molecule has 1 saturated heterocycles. The fraction of sp³-hybridized carbons (Fsp3) is 0.700. The number of nitrogens with one attached hydrogen (secondary N) is 1. The van der Waals surface area contributed by atoms with Crippen molar-refractivity contribution in [3.05, 3.63) is 12.3 Å². The number of anilines is 1. The Hall–Kier alpha value is -0.940. The minimum atomic E-state index is 0.404. The molecule has 0 atom stereocenters. The zero-order valence-electron chi connectivity index (χ0n) is 11.2. The summed E-state index contributed by atoms with van der Waals surface area (Å²) in [5, 5.41) is 7.10. The Bertz CT molecular complexity index is 344. The van der Waals surface area contributed by atoms with Gasteiger partial charge in [0.15, 0.2) is 0 Å². The van der Waals surface area contributed by atoms with Crippen molar-refractivity contribution in [1.29, 1.82) is 0 Å². The van der Waals surface area contributed by atoms with Crippen molar-refractivity contribution in [3.63, 3.8) is 0 Å². The molecule has 0 amide bonds. The van der Waals surface area contributed by atoms with Gasteiger partial charge in [-0.3, -0.25) is 5.10 Å². The zero-order valence-corrected chi connectivity index (χ0v) is 11.2. The molecule has 1 aliphatic heterocycles. The van der Waals surface area contributed by atoms with Gasteiger partial charge in [0.25, 0.3) is 6.98 Å². The van der Waals surface area contributed by atoms with Gasteiger partial charge in [-0.25, -0.2) is 0 Å². The number of nitrogens with zero attached hydrogens (tertiary/aromatic N) is 4. The summed E-state index contributed by atoms with van der Waals surface area (Å²) in [6.45, 7) is 9.72. The Labute approximate surface area is 104 Å². The van der Waals surface area contributed by atoms with Crippen molar-refractivity contribution in [2.75, 3.05) is 25.1 Å². The topological polar surface area (TPSA) is 38.4 Å². The number of aromatic nitrogens is 2. The van der Waals surface area contributed by atoms with Crippen LogP contribution in [0.4, 0.5) is 5.82 Å². The molecule has 5 nitrogen and oxygen atoms in total. The molecular formula is C10H21B2N5. The Morgan fingerprint density at radius 2 is 2.18 bits per heavy atom. The zero-order chi connectivity index (χ0) is 12.4. The van der Waals surface area contributed by atoms with Gasteiger partial charge in [-0.1, -0.05) is 20.6 Å². The Kier molecular flexibility index (Phi) is 3.79. The van der Waals surface area contributed by atoms with Gasteiger partial charge < -0.3 is 14.3 Å². The molecule has 0 saturated carbocycles. The second-order valence-electron chi connectivity index (χ2n) is 4.81. The molecule has 0 aromatic carbocycles. The van der Waals surface area contributed by atoms with Gasteiger partial charge in [0.05, 0.1) is 12.9 Å². The molecule has 1 aliphatic rings. The molecule has 0 aliphatic carbocycles. The van der Waals surface area contributed by atoms with E-state index < -0.39 is 0 Å². The molecule has 0 radical (unpaired) electrons. The van der Waals surface area contributed by atoms with Crippen LogP contribution in [0.2, 0.25) is 13.6 Å². The third-order valence-electron chi connectivity index (χ3n) is 3.70. The highest BCUT2D eigenvalue weighted by Crippen LogP contribution is 2.20. The van der Waals surface area contributed by atoms with Crippen LogP contribution in [0.25, 0.3) is 0 Å². The number of aromatic amines is 1. The van der Waals surface area contributed by atoms with E-state index in [0.29, 0.717) is 14.0 Å². The first kappa shape index (κ1) is 12.5. The summed E-state index contributed by atoms with van der Waals surface area (Å²) < 4.78 is 2.52.